The number of carbonyl (C=O) groups is 2. The fraction of sp³-hybridized carbons (Fsp3) is 0.263. The number of fused-ring (bicyclic) bond motifs is 3. The lowest BCUT2D eigenvalue weighted by molar-refractivity contribution is -0.145. The van der Waals surface area contributed by atoms with E-state index in [-0.39, 0.29) is 24.2 Å². The standard InChI is InChI=1S/C19H17NO3/c1-23-19(22)14-10-18(21)20(11-14)15-6-7-17-13(9-15)8-12-4-2-3-5-16(12)17/h2-7,9,14H,8,10-11H2,1H3/t14-/m0/s1. The molecule has 0 spiro atoms. The van der Waals surface area contributed by atoms with E-state index in [1.165, 1.54) is 29.4 Å². The minimum Gasteiger partial charge on any atom is -0.469 e. The molecule has 1 amide bonds. The highest BCUT2D eigenvalue weighted by Crippen LogP contribution is 2.39. The van der Waals surface area contributed by atoms with Crippen LogP contribution >= 0.6 is 0 Å². The van der Waals surface area contributed by atoms with Gasteiger partial charge in [-0.3, -0.25) is 9.59 Å². The van der Waals surface area contributed by atoms with Crippen LogP contribution in [0.15, 0.2) is 42.5 Å². The Kier molecular flexibility index (Phi) is 3.18. The summed E-state index contributed by atoms with van der Waals surface area (Å²) in [7, 11) is 1.36. The minimum absolute atomic E-state index is 0.0177. The molecule has 2 aliphatic rings. The maximum Gasteiger partial charge on any atom is 0.311 e. The van der Waals surface area contributed by atoms with Gasteiger partial charge in [-0.05, 0) is 40.8 Å². The molecular weight excluding hydrogens is 290 g/mol. The van der Waals surface area contributed by atoms with E-state index < -0.39 is 0 Å². The van der Waals surface area contributed by atoms with Crippen LogP contribution in [0.5, 0.6) is 0 Å². The van der Waals surface area contributed by atoms with Crippen molar-refractivity contribution in [3.8, 4) is 11.1 Å². The van der Waals surface area contributed by atoms with Crippen molar-refractivity contribution in [2.24, 2.45) is 5.92 Å². The number of carbonyl (C=O) groups excluding carboxylic acids is 2. The van der Waals surface area contributed by atoms with Crippen molar-refractivity contribution >= 4 is 17.6 Å². The number of hydrogen-bond acceptors (Lipinski definition) is 3. The molecule has 1 atom stereocenters. The summed E-state index contributed by atoms with van der Waals surface area (Å²) in [6.45, 7) is 0.400. The second kappa shape index (κ2) is 5.23. The van der Waals surface area contributed by atoms with E-state index in [2.05, 4.69) is 30.3 Å². The molecule has 0 radical (unpaired) electrons. The summed E-state index contributed by atoms with van der Waals surface area (Å²) in [5, 5.41) is 0. The highest BCUT2D eigenvalue weighted by atomic mass is 16.5. The molecule has 4 nitrogen and oxygen atoms in total. The second-order valence-corrected chi connectivity index (χ2v) is 6.10. The number of ether oxygens (including phenoxy) is 1. The summed E-state index contributed by atoms with van der Waals surface area (Å²) in [4.78, 5) is 25.6. The zero-order chi connectivity index (χ0) is 16.0. The van der Waals surface area contributed by atoms with E-state index in [0.717, 1.165) is 12.1 Å². The minimum atomic E-state index is -0.363. The number of esters is 1. The molecule has 0 aromatic heterocycles. The fourth-order valence-electron chi connectivity index (χ4n) is 3.58. The van der Waals surface area contributed by atoms with Gasteiger partial charge in [0.2, 0.25) is 5.91 Å². The van der Waals surface area contributed by atoms with Crippen molar-refractivity contribution in [2.45, 2.75) is 12.8 Å². The molecule has 1 heterocycles. The van der Waals surface area contributed by atoms with E-state index in [1.807, 2.05) is 12.1 Å². The smallest absolute Gasteiger partial charge is 0.311 e. The monoisotopic (exact) mass is 307 g/mol. The quantitative estimate of drug-likeness (QED) is 0.684. The van der Waals surface area contributed by atoms with Crippen LogP contribution in [0.2, 0.25) is 0 Å². The van der Waals surface area contributed by atoms with Crippen LogP contribution in [0.3, 0.4) is 0 Å². The molecule has 23 heavy (non-hydrogen) atoms. The summed E-state index contributed by atoms with van der Waals surface area (Å²) in [6.07, 6.45) is 1.12. The number of anilines is 1. The molecule has 0 unspecified atom stereocenters. The third kappa shape index (κ3) is 2.22. The van der Waals surface area contributed by atoms with Gasteiger partial charge in [-0.2, -0.15) is 0 Å². The molecule has 0 N–H and O–H groups in total. The molecule has 1 fully saturated rings. The van der Waals surface area contributed by atoms with E-state index in [0.29, 0.717) is 6.54 Å². The van der Waals surface area contributed by atoms with Crippen LogP contribution in [-0.2, 0) is 20.7 Å². The Morgan fingerprint density at radius 3 is 2.74 bits per heavy atom. The van der Waals surface area contributed by atoms with Crippen LogP contribution in [0.1, 0.15) is 17.5 Å². The molecule has 1 saturated heterocycles. The van der Waals surface area contributed by atoms with Gasteiger partial charge in [0.05, 0.1) is 13.0 Å². The van der Waals surface area contributed by atoms with Gasteiger partial charge in [0, 0.05) is 18.7 Å². The molecule has 1 aliphatic carbocycles. The van der Waals surface area contributed by atoms with Gasteiger partial charge in [-0.25, -0.2) is 0 Å². The van der Waals surface area contributed by atoms with Gasteiger partial charge in [-0.1, -0.05) is 30.3 Å². The normalized spacial score (nSPS) is 18.7. The van der Waals surface area contributed by atoms with Crippen molar-refractivity contribution in [1.29, 1.82) is 0 Å². The number of hydrogen-bond donors (Lipinski definition) is 0. The van der Waals surface area contributed by atoms with Gasteiger partial charge in [0.25, 0.3) is 0 Å². The van der Waals surface area contributed by atoms with E-state index >= 15 is 0 Å². The average molecular weight is 307 g/mol. The highest BCUT2D eigenvalue weighted by Gasteiger charge is 2.36. The average Bonchev–Trinajstić information content (AvgIpc) is 3.13. The molecule has 116 valence electrons. The van der Waals surface area contributed by atoms with Gasteiger partial charge in [-0.15, -0.1) is 0 Å². The SMILES string of the molecule is COC(=O)[C@H]1CC(=O)N(c2ccc3c(c2)Cc2ccccc2-3)C1. The highest BCUT2D eigenvalue weighted by molar-refractivity contribution is 6.00. The fourth-order valence-corrected chi connectivity index (χ4v) is 3.58. The molecule has 4 heteroatoms. The zero-order valence-electron chi connectivity index (χ0n) is 12.9. The number of nitrogens with zero attached hydrogens (tertiary/aromatic N) is 1. The zero-order valence-corrected chi connectivity index (χ0v) is 12.9. The number of rotatable bonds is 2. The number of methoxy groups -OCH3 is 1. The predicted molar refractivity (Wildman–Crippen MR) is 87.2 cm³/mol. The molecule has 0 bridgehead atoms. The molecule has 2 aromatic carbocycles. The maximum absolute atomic E-state index is 12.2. The Morgan fingerprint density at radius 2 is 1.91 bits per heavy atom. The van der Waals surface area contributed by atoms with Crippen molar-refractivity contribution in [3.63, 3.8) is 0 Å². The largest absolute Gasteiger partial charge is 0.469 e. The summed E-state index contributed by atoms with van der Waals surface area (Å²) in [5.41, 5.74) is 5.93. The third-order valence-electron chi connectivity index (χ3n) is 4.75. The molecule has 0 saturated carbocycles. The number of benzene rings is 2. The summed E-state index contributed by atoms with van der Waals surface area (Å²) >= 11 is 0. The molecule has 1 aliphatic heterocycles. The summed E-state index contributed by atoms with van der Waals surface area (Å²) in [5.74, 6) is -0.691. The lowest BCUT2D eigenvalue weighted by Crippen LogP contribution is -2.26. The molecular formula is C19H17NO3. The van der Waals surface area contributed by atoms with E-state index in [4.69, 9.17) is 4.74 Å². The van der Waals surface area contributed by atoms with Crippen LogP contribution in [0, 0.1) is 5.92 Å². The Bertz CT molecular complexity index is 812. The Balaban J connectivity index is 1.64. The summed E-state index contributed by atoms with van der Waals surface area (Å²) < 4.78 is 4.77. The van der Waals surface area contributed by atoms with Gasteiger partial charge in [0.15, 0.2) is 0 Å². The van der Waals surface area contributed by atoms with Crippen LogP contribution < -0.4 is 4.90 Å². The van der Waals surface area contributed by atoms with Crippen molar-refractivity contribution < 1.29 is 14.3 Å². The van der Waals surface area contributed by atoms with Crippen LogP contribution in [0.4, 0.5) is 5.69 Å². The Hall–Kier alpha value is -2.62. The summed E-state index contributed by atoms with van der Waals surface area (Å²) in [6, 6.07) is 14.5. The van der Waals surface area contributed by atoms with Gasteiger partial charge < -0.3 is 9.64 Å². The maximum atomic E-state index is 12.2. The lowest BCUT2D eigenvalue weighted by Gasteiger charge is -2.17. The van der Waals surface area contributed by atoms with E-state index in [9.17, 15) is 9.59 Å². The lowest BCUT2D eigenvalue weighted by atomic mass is 10.1. The van der Waals surface area contributed by atoms with Gasteiger partial charge in [0.1, 0.15) is 0 Å². The van der Waals surface area contributed by atoms with Crippen molar-refractivity contribution in [1.82, 2.24) is 0 Å². The Labute approximate surface area is 134 Å². The first-order valence-corrected chi connectivity index (χ1v) is 7.77. The first kappa shape index (κ1) is 14.0. The van der Waals surface area contributed by atoms with Crippen molar-refractivity contribution in [3.05, 3.63) is 53.6 Å². The Morgan fingerprint density at radius 1 is 1.13 bits per heavy atom. The van der Waals surface area contributed by atoms with Crippen LogP contribution in [0.25, 0.3) is 11.1 Å². The topological polar surface area (TPSA) is 46.6 Å². The molecule has 2 aromatic rings. The van der Waals surface area contributed by atoms with E-state index in [1.54, 1.807) is 4.90 Å². The van der Waals surface area contributed by atoms with Crippen molar-refractivity contribution in [2.75, 3.05) is 18.6 Å². The first-order chi connectivity index (χ1) is 11.2. The predicted octanol–water partition coefficient (Wildman–Crippen LogP) is 2.78. The first-order valence-electron chi connectivity index (χ1n) is 7.77. The second-order valence-electron chi connectivity index (χ2n) is 6.10. The van der Waals surface area contributed by atoms with Gasteiger partial charge >= 0.3 is 5.97 Å². The molecule has 4 rings (SSSR count). The number of amides is 1. The third-order valence-corrected chi connectivity index (χ3v) is 4.75. The van der Waals surface area contributed by atoms with Crippen LogP contribution in [-0.4, -0.2) is 25.5 Å².